The number of carbonyl (C=O) groups is 1. The van der Waals surface area contributed by atoms with Crippen LogP contribution in [0, 0.1) is 0 Å². The number of nitrogen functional groups attached to an aromatic ring is 1. The third-order valence-electron chi connectivity index (χ3n) is 3.06. The number of carbonyl (C=O) groups excluding carboxylic acids is 1. The van der Waals surface area contributed by atoms with Crippen molar-refractivity contribution in [1.82, 2.24) is 24.4 Å². The highest BCUT2D eigenvalue weighted by Gasteiger charge is 2.22. The van der Waals surface area contributed by atoms with Gasteiger partial charge in [0.1, 0.15) is 17.4 Å². The summed E-state index contributed by atoms with van der Waals surface area (Å²) in [5, 5.41) is 9.14. The monoisotopic (exact) mass is 322 g/mol. The normalized spacial score (nSPS) is 11.7. The molecule has 0 aliphatic heterocycles. The van der Waals surface area contributed by atoms with E-state index in [0.29, 0.717) is 30.1 Å². The van der Waals surface area contributed by atoms with Crippen LogP contribution in [0.2, 0.25) is 0 Å². The number of fused-ring (bicyclic) bond motifs is 1. The van der Waals surface area contributed by atoms with Crippen molar-refractivity contribution in [1.29, 1.82) is 0 Å². The molecule has 0 unspecified atom stereocenters. The summed E-state index contributed by atoms with van der Waals surface area (Å²) in [7, 11) is 0. The first-order chi connectivity index (χ1) is 10.8. The Bertz CT molecular complexity index is 679. The number of aliphatic hydroxyl groups excluding tert-OH is 1. The van der Waals surface area contributed by atoms with Gasteiger partial charge in [-0.3, -0.25) is 0 Å². The van der Waals surface area contributed by atoms with Crippen molar-refractivity contribution in [2.24, 2.45) is 0 Å². The highest BCUT2D eigenvalue weighted by molar-refractivity contribution is 5.81. The largest absolute Gasteiger partial charge is 0.444 e. The van der Waals surface area contributed by atoms with Crippen molar-refractivity contribution in [3.63, 3.8) is 0 Å². The summed E-state index contributed by atoms with van der Waals surface area (Å²) in [5.74, 6) is 0.313. The molecule has 2 aromatic rings. The van der Waals surface area contributed by atoms with Gasteiger partial charge >= 0.3 is 6.09 Å². The zero-order valence-electron chi connectivity index (χ0n) is 13.6. The van der Waals surface area contributed by atoms with E-state index in [4.69, 9.17) is 15.6 Å². The summed E-state index contributed by atoms with van der Waals surface area (Å²) in [5.41, 5.74) is 6.29. The first-order valence-electron chi connectivity index (χ1n) is 7.32. The van der Waals surface area contributed by atoms with Crippen LogP contribution in [0.3, 0.4) is 0 Å². The Balaban J connectivity index is 2.08. The molecule has 0 aliphatic rings. The third kappa shape index (κ3) is 4.28. The Labute approximate surface area is 134 Å². The maximum Gasteiger partial charge on any atom is 0.410 e. The summed E-state index contributed by atoms with van der Waals surface area (Å²) in [6.45, 7) is 6.25. The minimum atomic E-state index is -0.589. The van der Waals surface area contributed by atoms with Crippen LogP contribution in [0.15, 0.2) is 12.7 Å². The number of aliphatic hydroxyl groups is 1. The first kappa shape index (κ1) is 16.9. The van der Waals surface area contributed by atoms with Crippen LogP contribution < -0.4 is 5.73 Å². The van der Waals surface area contributed by atoms with Gasteiger partial charge in [-0.25, -0.2) is 19.7 Å². The van der Waals surface area contributed by atoms with Crippen molar-refractivity contribution >= 4 is 23.1 Å². The fraction of sp³-hybridized carbons (Fsp3) is 0.571. The van der Waals surface area contributed by atoms with Crippen LogP contribution in [-0.4, -0.2) is 60.9 Å². The predicted octanol–water partition coefficient (Wildman–Crippen LogP) is 0.638. The number of hydrogen-bond acceptors (Lipinski definition) is 7. The quantitative estimate of drug-likeness (QED) is 0.828. The molecule has 0 aromatic carbocycles. The molecule has 0 aliphatic carbocycles. The van der Waals surface area contributed by atoms with Crippen LogP contribution >= 0.6 is 0 Å². The third-order valence-corrected chi connectivity index (χ3v) is 3.06. The van der Waals surface area contributed by atoms with E-state index in [0.717, 1.165) is 0 Å². The molecule has 1 amide bonds. The van der Waals surface area contributed by atoms with Gasteiger partial charge < -0.3 is 25.0 Å². The molecule has 2 aromatic heterocycles. The van der Waals surface area contributed by atoms with Gasteiger partial charge in [0.15, 0.2) is 11.5 Å². The lowest BCUT2D eigenvalue weighted by Crippen LogP contribution is -2.40. The molecule has 0 radical (unpaired) electrons. The minimum absolute atomic E-state index is 0.140. The lowest BCUT2D eigenvalue weighted by molar-refractivity contribution is 0.0213. The maximum atomic E-state index is 12.1. The SMILES string of the molecule is CC(C)(C)OC(=O)N(CCO)CCn1cnc2c(N)ncnc21. The van der Waals surface area contributed by atoms with Crippen molar-refractivity contribution in [3.8, 4) is 0 Å². The molecule has 23 heavy (non-hydrogen) atoms. The summed E-state index contributed by atoms with van der Waals surface area (Å²) in [6.07, 6.45) is 2.50. The number of rotatable bonds is 5. The molecule has 0 bridgehead atoms. The van der Waals surface area contributed by atoms with E-state index >= 15 is 0 Å². The second kappa shape index (κ2) is 6.78. The molecule has 0 saturated heterocycles. The molecule has 0 saturated carbocycles. The van der Waals surface area contributed by atoms with Crippen molar-refractivity contribution < 1.29 is 14.6 Å². The van der Waals surface area contributed by atoms with Gasteiger partial charge in [0.2, 0.25) is 0 Å². The van der Waals surface area contributed by atoms with Gasteiger partial charge in [0.05, 0.1) is 12.9 Å². The fourth-order valence-corrected chi connectivity index (χ4v) is 2.03. The standard InChI is InChI=1S/C14H22N6O3/c1-14(2,3)23-13(22)19(6-7-21)4-5-20-9-18-10-11(15)16-8-17-12(10)20/h8-9,21H,4-7H2,1-3H3,(H2,15,16,17). The maximum absolute atomic E-state index is 12.1. The highest BCUT2D eigenvalue weighted by atomic mass is 16.6. The summed E-state index contributed by atoms with van der Waals surface area (Å²) in [6, 6.07) is 0. The van der Waals surface area contributed by atoms with Gasteiger partial charge in [-0.15, -0.1) is 0 Å². The molecule has 9 nitrogen and oxygen atoms in total. The van der Waals surface area contributed by atoms with Crippen molar-refractivity contribution in [2.45, 2.75) is 32.9 Å². The van der Waals surface area contributed by atoms with Crippen molar-refractivity contribution in [2.75, 3.05) is 25.4 Å². The summed E-state index contributed by atoms with van der Waals surface area (Å²) >= 11 is 0. The average molecular weight is 322 g/mol. The van der Waals surface area contributed by atoms with E-state index in [1.807, 2.05) is 0 Å². The summed E-state index contributed by atoms with van der Waals surface area (Å²) < 4.78 is 7.11. The first-order valence-corrected chi connectivity index (χ1v) is 7.32. The molecule has 3 N–H and O–H groups in total. The Morgan fingerprint density at radius 3 is 2.74 bits per heavy atom. The summed E-state index contributed by atoms with van der Waals surface area (Å²) in [4.78, 5) is 25.8. The van der Waals surface area contributed by atoms with Crippen LogP contribution in [0.5, 0.6) is 0 Å². The molecule has 0 atom stereocenters. The van der Waals surface area contributed by atoms with E-state index < -0.39 is 11.7 Å². The molecule has 126 valence electrons. The van der Waals surface area contributed by atoms with Crippen LogP contribution in [0.25, 0.3) is 11.2 Å². The number of aromatic nitrogens is 4. The Morgan fingerprint density at radius 1 is 1.35 bits per heavy atom. The van der Waals surface area contributed by atoms with Gasteiger partial charge in [0, 0.05) is 19.6 Å². The van der Waals surface area contributed by atoms with Crippen LogP contribution in [-0.2, 0) is 11.3 Å². The topological polar surface area (TPSA) is 119 Å². The predicted molar refractivity (Wildman–Crippen MR) is 84.6 cm³/mol. The van der Waals surface area contributed by atoms with E-state index in [9.17, 15) is 4.79 Å². The molecule has 2 rings (SSSR count). The highest BCUT2D eigenvalue weighted by Crippen LogP contribution is 2.14. The Kier molecular flexibility index (Phi) is 4.99. The number of anilines is 1. The number of imidazole rings is 1. The van der Waals surface area contributed by atoms with E-state index in [1.54, 1.807) is 31.7 Å². The van der Waals surface area contributed by atoms with Gasteiger partial charge in [-0.2, -0.15) is 0 Å². The molecular weight excluding hydrogens is 300 g/mol. The number of nitrogens with two attached hydrogens (primary N) is 1. The zero-order valence-corrected chi connectivity index (χ0v) is 13.6. The van der Waals surface area contributed by atoms with Crippen LogP contribution in [0.1, 0.15) is 20.8 Å². The fourth-order valence-electron chi connectivity index (χ4n) is 2.03. The Hall–Kier alpha value is -2.42. The van der Waals surface area contributed by atoms with Crippen LogP contribution in [0.4, 0.5) is 10.6 Å². The second-order valence-corrected chi connectivity index (χ2v) is 6.06. The molecular formula is C14H22N6O3. The second-order valence-electron chi connectivity index (χ2n) is 6.06. The van der Waals surface area contributed by atoms with Gasteiger partial charge in [-0.05, 0) is 20.8 Å². The zero-order chi connectivity index (χ0) is 17.0. The minimum Gasteiger partial charge on any atom is -0.444 e. The number of amides is 1. The van der Waals surface area contributed by atoms with E-state index in [1.165, 1.54) is 11.2 Å². The number of ether oxygens (including phenoxy) is 1. The molecule has 0 spiro atoms. The van der Waals surface area contributed by atoms with Crippen molar-refractivity contribution in [3.05, 3.63) is 12.7 Å². The van der Waals surface area contributed by atoms with Gasteiger partial charge in [0.25, 0.3) is 0 Å². The molecule has 9 heteroatoms. The van der Waals surface area contributed by atoms with E-state index in [-0.39, 0.29) is 13.2 Å². The van der Waals surface area contributed by atoms with Gasteiger partial charge in [-0.1, -0.05) is 0 Å². The number of nitrogens with zero attached hydrogens (tertiary/aromatic N) is 5. The lowest BCUT2D eigenvalue weighted by Gasteiger charge is -2.27. The average Bonchev–Trinajstić information content (AvgIpc) is 2.86. The molecule has 0 fully saturated rings. The lowest BCUT2D eigenvalue weighted by atomic mass is 10.2. The Morgan fingerprint density at radius 2 is 2.09 bits per heavy atom. The van der Waals surface area contributed by atoms with E-state index in [2.05, 4.69) is 15.0 Å². The smallest absolute Gasteiger partial charge is 0.410 e. The number of hydrogen-bond donors (Lipinski definition) is 2. The molecule has 2 heterocycles.